The van der Waals surface area contributed by atoms with Gasteiger partial charge in [0.2, 0.25) is 17.7 Å². The molecule has 0 heterocycles. The Bertz CT molecular complexity index is 1280. The van der Waals surface area contributed by atoms with E-state index in [0.717, 1.165) is 25.5 Å². The van der Waals surface area contributed by atoms with Crippen LogP contribution in [0.1, 0.15) is 18.1 Å². The molecule has 0 saturated heterocycles. The highest BCUT2D eigenvalue weighted by Gasteiger charge is 2.29. The summed E-state index contributed by atoms with van der Waals surface area (Å²) in [5, 5.41) is 19.3. The summed E-state index contributed by atoms with van der Waals surface area (Å²) in [6.45, 7) is 1.04. The lowest BCUT2D eigenvalue weighted by Gasteiger charge is -2.23. The summed E-state index contributed by atoms with van der Waals surface area (Å²) in [5.41, 5.74) is 7.31. The number of hydrogen-bond donors (Lipinski definition) is 5. The molecule has 0 fully saturated rings. The van der Waals surface area contributed by atoms with Crippen LogP contribution < -0.4 is 21.7 Å². The van der Waals surface area contributed by atoms with E-state index in [1.807, 2.05) is 66.7 Å². The zero-order valence-electron chi connectivity index (χ0n) is 20.2. The molecule has 9 nitrogen and oxygen atoms in total. The summed E-state index contributed by atoms with van der Waals surface area (Å²) in [5.74, 6) is -2.93. The summed E-state index contributed by atoms with van der Waals surface area (Å²) in [6.07, 6.45) is 0.263. The van der Waals surface area contributed by atoms with Gasteiger partial charge >= 0.3 is 5.97 Å². The molecular weight excluding hydrogens is 587 g/mol. The van der Waals surface area contributed by atoms with Gasteiger partial charge in [-0.05, 0) is 56.6 Å². The van der Waals surface area contributed by atoms with Gasteiger partial charge in [0.25, 0.3) is 0 Å². The number of nitrogens with one attached hydrogen (secondary N) is 3. The number of nitrogens with two attached hydrogens (primary N) is 1. The Balaban J connectivity index is 1.68. The quantitative estimate of drug-likeness (QED) is 0.207. The van der Waals surface area contributed by atoms with E-state index in [9.17, 15) is 24.3 Å². The predicted octanol–water partition coefficient (Wildman–Crippen LogP) is 1.75. The molecule has 0 spiro atoms. The highest BCUT2D eigenvalue weighted by molar-refractivity contribution is 14.1. The van der Waals surface area contributed by atoms with E-state index in [0.29, 0.717) is 0 Å². The zero-order chi connectivity index (χ0) is 26.9. The predicted molar refractivity (Wildman–Crippen MR) is 149 cm³/mol. The molecule has 0 radical (unpaired) electrons. The molecule has 0 aromatic heterocycles. The lowest BCUT2D eigenvalue weighted by atomic mass is 10.0. The van der Waals surface area contributed by atoms with Crippen molar-refractivity contribution < 1.29 is 24.3 Å². The minimum atomic E-state index is -1.22. The van der Waals surface area contributed by atoms with Gasteiger partial charge in [0.05, 0.1) is 0 Å². The number of fused-ring (bicyclic) bond motifs is 1. The molecule has 0 saturated carbocycles. The van der Waals surface area contributed by atoms with Crippen LogP contribution in [0.5, 0.6) is 0 Å². The number of amides is 3. The smallest absolute Gasteiger partial charge is 0.326 e. The van der Waals surface area contributed by atoms with Crippen molar-refractivity contribution in [2.75, 3.05) is 6.54 Å². The van der Waals surface area contributed by atoms with E-state index in [-0.39, 0.29) is 19.4 Å². The molecule has 0 aliphatic heterocycles. The topological polar surface area (TPSA) is 151 Å². The summed E-state index contributed by atoms with van der Waals surface area (Å²) < 4.78 is 1.03. The molecule has 194 valence electrons. The second-order valence-corrected chi connectivity index (χ2v) is 9.91. The minimum Gasteiger partial charge on any atom is -0.480 e. The minimum absolute atomic E-state index is 0.0540. The molecule has 0 bridgehead atoms. The van der Waals surface area contributed by atoms with E-state index >= 15 is 0 Å². The van der Waals surface area contributed by atoms with Crippen molar-refractivity contribution in [3.63, 3.8) is 0 Å². The van der Waals surface area contributed by atoms with Crippen LogP contribution in [0.2, 0.25) is 0 Å². The van der Waals surface area contributed by atoms with Gasteiger partial charge in [-0.25, -0.2) is 4.79 Å². The van der Waals surface area contributed by atoms with E-state index in [1.165, 1.54) is 6.92 Å². The monoisotopic (exact) mass is 616 g/mol. The van der Waals surface area contributed by atoms with Crippen molar-refractivity contribution in [1.29, 1.82) is 0 Å². The lowest BCUT2D eigenvalue weighted by Crippen LogP contribution is -2.58. The van der Waals surface area contributed by atoms with Gasteiger partial charge in [-0.1, -0.05) is 54.6 Å². The number of carboxylic acid groups (broad SMARTS) is 1. The summed E-state index contributed by atoms with van der Waals surface area (Å²) in [7, 11) is 0. The third-order valence-corrected chi connectivity index (χ3v) is 6.50. The third-order valence-electron chi connectivity index (χ3n) is 5.78. The molecule has 6 N–H and O–H groups in total. The first kappa shape index (κ1) is 28.1. The second-order valence-electron chi connectivity index (χ2n) is 8.67. The summed E-state index contributed by atoms with van der Waals surface area (Å²) >= 11 is 2.17. The Morgan fingerprint density at radius 1 is 0.784 bits per heavy atom. The number of halogens is 1. The lowest BCUT2D eigenvalue weighted by molar-refractivity contribution is -0.142. The largest absolute Gasteiger partial charge is 0.480 e. The van der Waals surface area contributed by atoms with Gasteiger partial charge in [-0.15, -0.1) is 0 Å². The van der Waals surface area contributed by atoms with E-state index in [2.05, 4.69) is 38.5 Å². The number of hydrogen-bond acceptors (Lipinski definition) is 5. The van der Waals surface area contributed by atoms with Crippen LogP contribution in [0, 0.1) is 3.57 Å². The average molecular weight is 616 g/mol. The molecule has 37 heavy (non-hydrogen) atoms. The van der Waals surface area contributed by atoms with Crippen LogP contribution in [-0.2, 0) is 32.0 Å². The molecule has 0 aliphatic rings. The van der Waals surface area contributed by atoms with Crippen molar-refractivity contribution >= 4 is 57.1 Å². The highest BCUT2D eigenvalue weighted by Crippen LogP contribution is 2.17. The average Bonchev–Trinajstić information content (AvgIpc) is 2.87. The van der Waals surface area contributed by atoms with Crippen LogP contribution in [-0.4, -0.2) is 53.5 Å². The molecule has 3 atom stereocenters. The Labute approximate surface area is 228 Å². The number of benzene rings is 3. The van der Waals surface area contributed by atoms with Crippen molar-refractivity contribution in [1.82, 2.24) is 16.0 Å². The fourth-order valence-electron chi connectivity index (χ4n) is 3.89. The fourth-order valence-corrected chi connectivity index (χ4v) is 4.25. The van der Waals surface area contributed by atoms with Gasteiger partial charge in [0.1, 0.15) is 18.1 Å². The van der Waals surface area contributed by atoms with Crippen LogP contribution in [0.4, 0.5) is 0 Å². The Kier molecular flexibility index (Phi) is 9.98. The third kappa shape index (κ3) is 8.25. The van der Waals surface area contributed by atoms with Crippen LogP contribution in [0.3, 0.4) is 0 Å². The van der Waals surface area contributed by atoms with E-state index in [4.69, 9.17) is 5.73 Å². The molecule has 0 unspecified atom stereocenters. The molecule has 10 heteroatoms. The molecule has 0 aliphatic carbocycles. The molecular formula is C27H29IN4O5. The highest BCUT2D eigenvalue weighted by atomic mass is 127. The van der Waals surface area contributed by atoms with Gasteiger partial charge in [0.15, 0.2) is 0 Å². The zero-order valence-corrected chi connectivity index (χ0v) is 22.4. The summed E-state index contributed by atoms with van der Waals surface area (Å²) in [6, 6.07) is 17.4. The number of carbonyl (C=O) groups is 4. The first-order valence-corrected chi connectivity index (χ1v) is 12.8. The van der Waals surface area contributed by atoms with Gasteiger partial charge in [0, 0.05) is 29.9 Å². The fraction of sp³-hybridized carbons (Fsp3) is 0.259. The first-order valence-electron chi connectivity index (χ1n) is 11.7. The molecule has 3 aromatic carbocycles. The maximum atomic E-state index is 13.0. The normalized spacial score (nSPS) is 13.3. The number of carboxylic acids is 1. The van der Waals surface area contributed by atoms with Crippen molar-refractivity contribution in [3.05, 3.63) is 81.4 Å². The Hall–Kier alpha value is -3.51. The van der Waals surface area contributed by atoms with Gasteiger partial charge in [-0.2, -0.15) is 0 Å². The standard InChI is InChI=1S/C27H29IN4O5/c1-16(33)30-22(13-17-7-10-21(28)11-8-17)25(34)32-24(15-29)26(35)31-23(27(36)37)14-18-6-9-19-4-2-3-5-20(19)12-18/h2-12,22-24H,13-15,29H2,1H3,(H,30,33)(H,31,35)(H,32,34)(H,36,37)/t22-,23+,24+/m1/s1. The van der Waals surface area contributed by atoms with Gasteiger partial charge in [-0.3, -0.25) is 14.4 Å². The number of carbonyl (C=O) groups excluding carboxylic acids is 3. The van der Waals surface area contributed by atoms with Crippen LogP contribution in [0.15, 0.2) is 66.7 Å². The molecule has 3 amide bonds. The Morgan fingerprint density at radius 3 is 1.97 bits per heavy atom. The van der Waals surface area contributed by atoms with E-state index in [1.54, 1.807) is 0 Å². The Morgan fingerprint density at radius 2 is 1.35 bits per heavy atom. The van der Waals surface area contributed by atoms with Crippen molar-refractivity contribution in [3.8, 4) is 0 Å². The van der Waals surface area contributed by atoms with Crippen molar-refractivity contribution in [2.24, 2.45) is 5.73 Å². The maximum Gasteiger partial charge on any atom is 0.326 e. The van der Waals surface area contributed by atoms with Crippen LogP contribution in [0.25, 0.3) is 10.8 Å². The second kappa shape index (κ2) is 13.2. The first-order chi connectivity index (χ1) is 17.7. The number of rotatable bonds is 11. The maximum absolute atomic E-state index is 13.0. The summed E-state index contributed by atoms with van der Waals surface area (Å²) in [4.78, 5) is 49.5. The van der Waals surface area contributed by atoms with Crippen LogP contribution >= 0.6 is 22.6 Å². The van der Waals surface area contributed by atoms with E-state index < -0.39 is 41.8 Å². The molecule has 3 aromatic rings. The van der Waals surface area contributed by atoms with Crippen molar-refractivity contribution in [2.45, 2.75) is 37.9 Å². The SMILES string of the molecule is CC(=O)N[C@H](Cc1ccc(I)cc1)C(=O)N[C@@H](CN)C(=O)N[C@@H](Cc1ccc2ccccc2c1)C(=O)O. The van der Waals surface area contributed by atoms with Gasteiger partial charge < -0.3 is 26.8 Å². The molecule has 3 rings (SSSR count). The number of aliphatic carboxylic acids is 1.